The Hall–Kier alpha value is -4.56. The number of likely N-dealkylation sites (N-methyl/N-ethyl adjacent to an activating group) is 1. The van der Waals surface area contributed by atoms with Gasteiger partial charge in [-0.25, -0.2) is 9.37 Å². The Labute approximate surface area is 227 Å². The SMILES string of the molecule is C=C/C=C(/c1cc(F)cc(NCCN(C)C)c1)c1cc(-c2n[nH]c3ccc(-c4cncc(C)c4)nc23)[nH]c1C. The molecule has 4 aromatic heterocycles. The Balaban J connectivity index is 1.53. The molecular formula is C31H32FN7. The van der Waals surface area contributed by atoms with Gasteiger partial charge in [0.15, 0.2) is 0 Å². The van der Waals surface area contributed by atoms with Crippen molar-refractivity contribution in [1.29, 1.82) is 0 Å². The van der Waals surface area contributed by atoms with Gasteiger partial charge in [-0.1, -0.05) is 18.7 Å². The number of halogens is 1. The zero-order chi connectivity index (χ0) is 27.5. The maximum Gasteiger partial charge on any atom is 0.135 e. The number of benzene rings is 1. The van der Waals surface area contributed by atoms with E-state index in [1.54, 1.807) is 12.1 Å². The van der Waals surface area contributed by atoms with Gasteiger partial charge in [0.05, 0.1) is 16.9 Å². The summed E-state index contributed by atoms with van der Waals surface area (Å²) in [6.07, 6.45) is 7.26. The number of anilines is 1. The third-order valence-electron chi connectivity index (χ3n) is 6.52. The van der Waals surface area contributed by atoms with Gasteiger partial charge < -0.3 is 15.2 Å². The Kier molecular flexibility index (Phi) is 7.38. The van der Waals surface area contributed by atoms with Crippen molar-refractivity contribution in [2.75, 3.05) is 32.5 Å². The van der Waals surface area contributed by atoms with Gasteiger partial charge in [-0.2, -0.15) is 5.10 Å². The summed E-state index contributed by atoms with van der Waals surface area (Å²) in [7, 11) is 4.02. The summed E-state index contributed by atoms with van der Waals surface area (Å²) in [4.78, 5) is 14.8. The molecule has 5 aromatic rings. The summed E-state index contributed by atoms with van der Waals surface area (Å²) in [5.74, 6) is -0.302. The van der Waals surface area contributed by atoms with Crippen molar-refractivity contribution in [3.63, 3.8) is 0 Å². The molecule has 5 rings (SSSR count). The minimum absolute atomic E-state index is 0.302. The lowest BCUT2D eigenvalue weighted by molar-refractivity contribution is 0.425. The number of nitrogens with zero attached hydrogens (tertiary/aromatic N) is 4. The Morgan fingerprint density at radius 3 is 2.72 bits per heavy atom. The van der Waals surface area contributed by atoms with Gasteiger partial charge in [0.2, 0.25) is 0 Å². The number of H-pyrrole nitrogens is 2. The highest BCUT2D eigenvalue weighted by Crippen LogP contribution is 2.34. The Morgan fingerprint density at radius 2 is 1.95 bits per heavy atom. The molecule has 0 radical (unpaired) electrons. The number of rotatable bonds is 9. The molecule has 3 N–H and O–H groups in total. The van der Waals surface area contributed by atoms with E-state index in [0.717, 1.165) is 68.2 Å². The van der Waals surface area contributed by atoms with Crippen molar-refractivity contribution >= 4 is 22.3 Å². The van der Waals surface area contributed by atoms with Gasteiger partial charge in [0.1, 0.15) is 17.0 Å². The van der Waals surface area contributed by atoms with Crippen LogP contribution in [0.4, 0.5) is 10.1 Å². The first-order chi connectivity index (χ1) is 18.8. The van der Waals surface area contributed by atoms with Gasteiger partial charge >= 0.3 is 0 Å². The van der Waals surface area contributed by atoms with E-state index in [2.05, 4.69) is 43.0 Å². The zero-order valence-electron chi connectivity index (χ0n) is 22.6. The highest BCUT2D eigenvalue weighted by Gasteiger charge is 2.18. The fraction of sp³-hybridized carbons (Fsp3) is 0.194. The van der Waals surface area contributed by atoms with Gasteiger partial charge in [0, 0.05) is 48.0 Å². The molecule has 0 saturated carbocycles. The van der Waals surface area contributed by atoms with Crippen LogP contribution in [-0.4, -0.2) is 57.2 Å². The number of aromatic nitrogens is 5. The lowest BCUT2D eigenvalue weighted by Gasteiger charge is -2.14. The molecule has 7 nitrogen and oxygen atoms in total. The molecule has 198 valence electrons. The molecule has 0 fully saturated rings. The lowest BCUT2D eigenvalue weighted by Crippen LogP contribution is -2.20. The quantitative estimate of drug-likeness (QED) is 0.197. The average Bonchev–Trinajstić information content (AvgIpc) is 3.49. The number of allylic oxidation sites excluding steroid dienone is 2. The minimum atomic E-state index is -0.302. The number of aromatic amines is 2. The molecular weight excluding hydrogens is 489 g/mol. The van der Waals surface area contributed by atoms with Crippen molar-refractivity contribution in [2.24, 2.45) is 0 Å². The summed E-state index contributed by atoms with van der Waals surface area (Å²) in [6.45, 7) is 9.47. The smallest absolute Gasteiger partial charge is 0.135 e. The van der Waals surface area contributed by atoms with E-state index >= 15 is 0 Å². The summed E-state index contributed by atoms with van der Waals surface area (Å²) >= 11 is 0. The van der Waals surface area contributed by atoms with E-state index in [4.69, 9.17) is 4.98 Å². The predicted molar refractivity (Wildman–Crippen MR) is 157 cm³/mol. The van der Waals surface area contributed by atoms with E-state index in [0.29, 0.717) is 12.2 Å². The third kappa shape index (κ3) is 5.66. The molecule has 0 bridgehead atoms. The predicted octanol–water partition coefficient (Wildman–Crippen LogP) is 6.36. The highest BCUT2D eigenvalue weighted by atomic mass is 19.1. The van der Waals surface area contributed by atoms with Crippen LogP contribution in [0.2, 0.25) is 0 Å². The molecule has 4 heterocycles. The van der Waals surface area contributed by atoms with Crippen LogP contribution in [-0.2, 0) is 0 Å². The molecule has 1 aromatic carbocycles. The lowest BCUT2D eigenvalue weighted by atomic mass is 9.96. The molecule has 8 heteroatoms. The van der Waals surface area contributed by atoms with Gasteiger partial charge in [-0.3, -0.25) is 10.1 Å². The first-order valence-corrected chi connectivity index (χ1v) is 12.8. The van der Waals surface area contributed by atoms with Crippen LogP contribution in [0.25, 0.3) is 39.3 Å². The van der Waals surface area contributed by atoms with E-state index in [9.17, 15) is 4.39 Å². The number of nitrogens with one attached hydrogen (secondary N) is 3. The van der Waals surface area contributed by atoms with Crippen LogP contribution in [0, 0.1) is 19.7 Å². The molecule has 0 aliphatic rings. The number of pyridine rings is 2. The van der Waals surface area contributed by atoms with Crippen molar-refractivity contribution in [1.82, 2.24) is 30.0 Å². The van der Waals surface area contributed by atoms with E-state index in [1.807, 2.05) is 70.7 Å². The Bertz CT molecular complexity index is 1680. The topological polar surface area (TPSA) is 85.5 Å². The number of aryl methyl sites for hydroxylation is 2. The van der Waals surface area contributed by atoms with Crippen LogP contribution in [0.1, 0.15) is 22.4 Å². The van der Waals surface area contributed by atoms with Crippen LogP contribution in [0.3, 0.4) is 0 Å². The van der Waals surface area contributed by atoms with Crippen molar-refractivity contribution in [3.8, 4) is 22.6 Å². The molecule has 0 amide bonds. The van der Waals surface area contributed by atoms with Crippen LogP contribution < -0.4 is 5.32 Å². The fourth-order valence-corrected chi connectivity index (χ4v) is 4.64. The normalized spacial score (nSPS) is 11.9. The summed E-state index contributed by atoms with van der Waals surface area (Å²) in [5.41, 5.74) is 10.2. The average molecular weight is 522 g/mol. The van der Waals surface area contributed by atoms with E-state index < -0.39 is 0 Å². The number of hydrogen-bond acceptors (Lipinski definition) is 5. The second kappa shape index (κ2) is 11.0. The maximum absolute atomic E-state index is 14.7. The summed E-state index contributed by atoms with van der Waals surface area (Å²) < 4.78 is 14.7. The third-order valence-corrected chi connectivity index (χ3v) is 6.52. The largest absolute Gasteiger partial charge is 0.384 e. The van der Waals surface area contributed by atoms with Crippen LogP contribution in [0.15, 0.2) is 73.6 Å². The highest BCUT2D eigenvalue weighted by molar-refractivity contribution is 5.92. The molecule has 0 spiro atoms. The first kappa shape index (κ1) is 26.1. The minimum Gasteiger partial charge on any atom is -0.384 e. The standard InChI is InChI=1S/C31H32FN7/c1-6-7-25(21-13-23(32)15-24(14-21)34-10-11-39(4)5)26-16-29(35-20(26)3)31-30-28(37-38-31)9-8-27(36-30)22-12-19(2)17-33-18-22/h6-9,12-18,34-35H,1,10-11H2,2-5H3,(H,37,38)/b25-7-. The molecule has 0 saturated heterocycles. The first-order valence-electron chi connectivity index (χ1n) is 12.8. The van der Waals surface area contributed by atoms with Crippen LogP contribution >= 0.6 is 0 Å². The number of hydrogen-bond donors (Lipinski definition) is 3. The molecule has 0 unspecified atom stereocenters. The van der Waals surface area contributed by atoms with Gasteiger partial charge in [-0.15, -0.1) is 0 Å². The van der Waals surface area contributed by atoms with Crippen LogP contribution in [0.5, 0.6) is 0 Å². The summed E-state index contributed by atoms with van der Waals surface area (Å²) in [6, 6.07) is 13.1. The zero-order valence-corrected chi connectivity index (χ0v) is 22.6. The fourth-order valence-electron chi connectivity index (χ4n) is 4.64. The second-order valence-electron chi connectivity index (χ2n) is 9.91. The monoisotopic (exact) mass is 521 g/mol. The van der Waals surface area contributed by atoms with Crippen molar-refractivity contribution < 1.29 is 4.39 Å². The molecule has 0 aliphatic heterocycles. The van der Waals surface area contributed by atoms with E-state index in [1.165, 1.54) is 6.07 Å². The summed E-state index contributed by atoms with van der Waals surface area (Å²) in [5, 5.41) is 11.0. The van der Waals surface area contributed by atoms with Gasteiger partial charge in [0.25, 0.3) is 0 Å². The van der Waals surface area contributed by atoms with Gasteiger partial charge in [-0.05, 0) is 87.1 Å². The van der Waals surface area contributed by atoms with Crippen molar-refractivity contribution in [2.45, 2.75) is 13.8 Å². The molecule has 39 heavy (non-hydrogen) atoms. The second-order valence-corrected chi connectivity index (χ2v) is 9.91. The number of fused-ring (bicyclic) bond motifs is 1. The van der Waals surface area contributed by atoms with Crippen molar-refractivity contribution in [3.05, 3.63) is 102 Å². The molecule has 0 atom stereocenters. The van der Waals surface area contributed by atoms with E-state index in [-0.39, 0.29) is 5.82 Å². The maximum atomic E-state index is 14.7. The Morgan fingerprint density at radius 1 is 1.10 bits per heavy atom. The molecule has 0 aliphatic carbocycles.